The highest BCUT2D eigenvalue weighted by molar-refractivity contribution is 7.89. The molecule has 1 aromatic carbocycles. The first kappa shape index (κ1) is 16.9. The Morgan fingerprint density at radius 3 is 2.64 bits per heavy atom. The minimum atomic E-state index is -3.21. The highest BCUT2D eigenvalue weighted by Crippen LogP contribution is 2.14. The van der Waals surface area contributed by atoms with E-state index in [0.717, 1.165) is 17.2 Å². The fourth-order valence-electron chi connectivity index (χ4n) is 2.05. The highest BCUT2D eigenvalue weighted by Gasteiger charge is 2.10. The summed E-state index contributed by atoms with van der Waals surface area (Å²) in [6.07, 6.45) is 2.01. The molecule has 0 saturated carbocycles. The molecule has 5 nitrogen and oxygen atoms in total. The molecule has 0 aliphatic heterocycles. The molecule has 0 aliphatic carbocycles. The topological polar surface area (TPSA) is 71.1 Å². The summed E-state index contributed by atoms with van der Waals surface area (Å²) in [4.78, 5) is 4.32. The van der Waals surface area contributed by atoms with E-state index in [4.69, 9.17) is 0 Å². The number of sulfonamides is 1. The molecule has 0 radical (unpaired) electrons. The Balaban J connectivity index is 1.69. The third-order valence-corrected chi connectivity index (χ3v) is 5.57. The van der Waals surface area contributed by atoms with Crippen LogP contribution in [0.3, 0.4) is 0 Å². The first-order valence-electron chi connectivity index (χ1n) is 7.22. The zero-order chi connectivity index (χ0) is 15.8. The van der Waals surface area contributed by atoms with Gasteiger partial charge >= 0.3 is 0 Å². The number of hydrogen-bond donors (Lipinski definition) is 2. The van der Waals surface area contributed by atoms with Crippen LogP contribution in [-0.2, 0) is 22.9 Å². The molecule has 0 atom stereocenters. The molecule has 1 heterocycles. The SMILES string of the molecule is CNc1nc(CCNS(=O)(=O)CCCc2ccccc2)cs1. The van der Waals surface area contributed by atoms with E-state index in [1.165, 1.54) is 16.9 Å². The van der Waals surface area contributed by atoms with Crippen LogP contribution in [0, 0.1) is 0 Å². The van der Waals surface area contributed by atoms with Gasteiger partial charge in [0.25, 0.3) is 0 Å². The predicted octanol–water partition coefficient (Wildman–Crippen LogP) is 2.28. The standard InChI is InChI=1S/C15H21N3O2S2/c1-16-15-18-14(12-21-15)9-10-17-22(19,20)11-5-8-13-6-3-2-4-7-13/h2-4,6-7,12,17H,5,8-11H2,1H3,(H,16,18). The number of aromatic nitrogens is 1. The van der Waals surface area contributed by atoms with Crippen LogP contribution in [0.1, 0.15) is 17.7 Å². The van der Waals surface area contributed by atoms with Crippen LogP contribution in [-0.4, -0.2) is 32.7 Å². The van der Waals surface area contributed by atoms with Crippen molar-refractivity contribution in [2.45, 2.75) is 19.3 Å². The first-order valence-corrected chi connectivity index (χ1v) is 9.76. The van der Waals surface area contributed by atoms with Crippen LogP contribution < -0.4 is 10.0 Å². The highest BCUT2D eigenvalue weighted by atomic mass is 32.2. The fraction of sp³-hybridized carbons (Fsp3) is 0.400. The summed E-state index contributed by atoms with van der Waals surface area (Å²) < 4.78 is 26.5. The van der Waals surface area contributed by atoms with Gasteiger partial charge in [0.1, 0.15) is 0 Å². The summed E-state index contributed by atoms with van der Waals surface area (Å²) in [6, 6.07) is 9.92. The summed E-state index contributed by atoms with van der Waals surface area (Å²) in [7, 11) is -1.39. The molecule has 1 aromatic heterocycles. The van der Waals surface area contributed by atoms with E-state index in [1.54, 1.807) is 0 Å². The molecule has 0 unspecified atom stereocenters. The van der Waals surface area contributed by atoms with Crippen molar-refractivity contribution in [3.63, 3.8) is 0 Å². The smallest absolute Gasteiger partial charge is 0.211 e. The second-order valence-electron chi connectivity index (χ2n) is 4.95. The lowest BCUT2D eigenvalue weighted by atomic mass is 10.1. The average Bonchev–Trinajstić information content (AvgIpc) is 2.96. The zero-order valence-electron chi connectivity index (χ0n) is 12.6. The molecule has 120 valence electrons. The van der Waals surface area contributed by atoms with Gasteiger partial charge < -0.3 is 5.32 Å². The molecule has 0 saturated heterocycles. The van der Waals surface area contributed by atoms with Gasteiger partial charge in [-0.25, -0.2) is 18.1 Å². The van der Waals surface area contributed by atoms with E-state index in [2.05, 4.69) is 15.0 Å². The summed E-state index contributed by atoms with van der Waals surface area (Å²) in [5.41, 5.74) is 2.07. The van der Waals surface area contributed by atoms with Crippen LogP contribution in [0.25, 0.3) is 0 Å². The maximum Gasteiger partial charge on any atom is 0.211 e. The van der Waals surface area contributed by atoms with Gasteiger partial charge in [-0.2, -0.15) is 0 Å². The summed E-state index contributed by atoms with van der Waals surface area (Å²) in [5.74, 6) is 0.153. The lowest BCUT2D eigenvalue weighted by Crippen LogP contribution is -2.28. The Bertz CT molecular complexity index is 669. The Morgan fingerprint density at radius 2 is 1.95 bits per heavy atom. The van der Waals surface area contributed by atoms with E-state index in [0.29, 0.717) is 19.4 Å². The molecular weight excluding hydrogens is 318 g/mol. The van der Waals surface area contributed by atoms with Gasteiger partial charge in [0.2, 0.25) is 10.0 Å². The maximum absolute atomic E-state index is 11.9. The van der Waals surface area contributed by atoms with Gasteiger partial charge in [-0.15, -0.1) is 11.3 Å². The summed E-state index contributed by atoms with van der Waals surface area (Å²) >= 11 is 1.52. The molecule has 0 aliphatic rings. The molecule has 0 amide bonds. The Morgan fingerprint density at radius 1 is 1.18 bits per heavy atom. The second kappa shape index (κ2) is 8.26. The Labute approximate surface area is 135 Å². The van der Waals surface area contributed by atoms with Gasteiger partial charge in [0.15, 0.2) is 5.13 Å². The van der Waals surface area contributed by atoms with Crippen molar-refractivity contribution in [1.82, 2.24) is 9.71 Å². The number of nitrogens with zero attached hydrogens (tertiary/aromatic N) is 1. The van der Waals surface area contributed by atoms with Crippen molar-refractivity contribution in [2.24, 2.45) is 0 Å². The third kappa shape index (κ3) is 5.75. The zero-order valence-corrected chi connectivity index (χ0v) is 14.2. The van der Waals surface area contributed by atoms with Gasteiger partial charge in [0, 0.05) is 25.4 Å². The number of nitrogens with one attached hydrogen (secondary N) is 2. The molecule has 2 aromatic rings. The quantitative estimate of drug-likeness (QED) is 0.735. The van der Waals surface area contributed by atoms with Crippen molar-refractivity contribution < 1.29 is 8.42 Å². The van der Waals surface area contributed by atoms with Crippen LogP contribution in [0.4, 0.5) is 5.13 Å². The van der Waals surface area contributed by atoms with Gasteiger partial charge in [0.05, 0.1) is 11.4 Å². The van der Waals surface area contributed by atoms with Crippen LogP contribution in [0.2, 0.25) is 0 Å². The minimum Gasteiger partial charge on any atom is -0.365 e. The minimum absolute atomic E-state index is 0.153. The fourth-order valence-corrected chi connectivity index (χ4v) is 3.84. The number of benzene rings is 1. The van der Waals surface area contributed by atoms with Gasteiger partial charge in [-0.1, -0.05) is 30.3 Å². The predicted molar refractivity (Wildman–Crippen MR) is 91.9 cm³/mol. The summed E-state index contributed by atoms with van der Waals surface area (Å²) in [6.45, 7) is 0.389. The van der Waals surface area contributed by atoms with E-state index in [1.807, 2.05) is 42.8 Å². The van der Waals surface area contributed by atoms with Gasteiger partial charge in [-0.05, 0) is 18.4 Å². The molecule has 2 N–H and O–H groups in total. The number of aryl methyl sites for hydroxylation is 1. The molecule has 0 bridgehead atoms. The maximum atomic E-state index is 11.9. The van der Waals surface area contributed by atoms with E-state index < -0.39 is 10.0 Å². The average molecular weight is 339 g/mol. The molecule has 22 heavy (non-hydrogen) atoms. The Kier molecular flexibility index (Phi) is 6.35. The molecule has 2 rings (SSSR count). The van der Waals surface area contributed by atoms with Crippen molar-refractivity contribution >= 4 is 26.5 Å². The van der Waals surface area contributed by atoms with E-state index in [-0.39, 0.29) is 5.75 Å². The van der Waals surface area contributed by atoms with E-state index >= 15 is 0 Å². The van der Waals surface area contributed by atoms with Crippen LogP contribution in [0.15, 0.2) is 35.7 Å². The van der Waals surface area contributed by atoms with Crippen molar-refractivity contribution in [3.8, 4) is 0 Å². The summed E-state index contributed by atoms with van der Waals surface area (Å²) in [5, 5.41) is 5.75. The van der Waals surface area contributed by atoms with Crippen LogP contribution in [0.5, 0.6) is 0 Å². The monoisotopic (exact) mass is 339 g/mol. The normalized spacial score (nSPS) is 11.5. The number of anilines is 1. The van der Waals surface area contributed by atoms with E-state index in [9.17, 15) is 8.42 Å². The number of thiazole rings is 1. The van der Waals surface area contributed by atoms with Crippen molar-refractivity contribution in [2.75, 3.05) is 24.7 Å². The van der Waals surface area contributed by atoms with Crippen molar-refractivity contribution in [1.29, 1.82) is 0 Å². The lowest BCUT2D eigenvalue weighted by Gasteiger charge is -2.06. The second-order valence-corrected chi connectivity index (χ2v) is 7.73. The van der Waals surface area contributed by atoms with Gasteiger partial charge in [-0.3, -0.25) is 0 Å². The molecule has 7 heteroatoms. The van der Waals surface area contributed by atoms with Crippen LogP contribution >= 0.6 is 11.3 Å². The number of rotatable bonds is 9. The van der Waals surface area contributed by atoms with Crippen molar-refractivity contribution in [3.05, 3.63) is 47.0 Å². The molecule has 0 spiro atoms. The number of hydrogen-bond acceptors (Lipinski definition) is 5. The third-order valence-electron chi connectivity index (χ3n) is 3.19. The molecule has 0 fully saturated rings. The lowest BCUT2D eigenvalue weighted by molar-refractivity contribution is 0.578. The largest absolute Gasteiger partial charge is 0.365 e. The molecular formula is C15H21N3O2S2. The first-order chi connectivity index (χ1) is 10.6. The Hall–Kier alpha value is -1.44.